The predicted octanol–water partition coefficient (Wildman–Crippen LogP) is 0.704. The maximum Gasteiger partial charge on any atom is 0.0227 e. The monoisotopic (exact) mass is 231 g/mol. The number of piperazine rings is 1. The van der Waals surface area contributed by atoms with Gasteiger partial charge in [-0.2, -0.15) is 11.8 Å². The summed E-state index contributed by atoms with van der Waals surface area (Å²) in [6.07, 6.45) is 3.41. The zero-order valence-corrected chi connectivity index (χ0v) is 10.9. The van der Waals surface area contributed by atoms with Gasteiger partial charge in [-0.3, -0.25) is 4.90 Å². The molecule has 1 aliphatic heterocycles. The van der Waals surface area contributed by atoms with Crippen molar-refractivity contribution in [1.82, 2.24) is 9.80 Å². The van der Waals surface area contributed by atoms with E-state index in [2.05, 4.69) is 23.0 Å². The molecule has 0 bridgehead atoms. The fourth-order valence-electron chi connectivity index (χ4n) is 2.15. The van der Waals surface area contributed by atoms with Crippen molar-refractivity contribution in [2.45, 2.75) is 19.4 Å². The van der Waals surface area contributed by atoms with E-state index in [-0.39, 0.29) is 0 Å². The van der Waals surface area contributed by atoms with E-state index in [4.69, 9.17) is 5.73 Å². The van der Waals surface area contributed by atoms with Crippen LogP contribution < -0.4 is 5.73 Å². The van der Waals surface area contributed by atoms with E-state index in [0.717, 1.165) is 6.54 Å². The second kappa shape index (κ2) is 7.49. The molecule has 1 rings (SSSR count). The standard InChI is InChI=1S/C11H25N3S/c1-3-13-5-7-14(8-6-13)11(10-12)4-9-15-2/h11H,3-10,12H2,1-2H3. The molecular weight excluding hydrogens is 206 g/mol. The van der Waals surface area contributed by atoms with Gasteiger partial charge in [0.25, 0.3) is 0 Å². The van der Waals surface area contributed by atoms with Crippen LogP contribution in [-0.2, 0) is 0 Å². The molecule has 1 fully saturated rings. The minimum Gasteiger partial charge on any atom is -0.329 e. The number of hydrogen-bond donors (Lipinski definition) is 1. The van der Waals surface area contributed by atoms with Gasteiger partial charge in [-0.15, -0.1) is 0 Å². The van der Waals surface area contributed by atoms with E-state index in [1.165, 1.54) is 44.9 Å². The van der Waals surface area contributed by atoms with Gasteiger partial charge in [0.15, 0.2) is 0 Å². The minimum absolute atomic E-state index is 0.608. The molecule has 0 aromatic rings. The van der Waals surface area contributed by atoms with Crippen molar-refractivity contribution >= 4 is 11.8 Å². The Hall–Kier alpha value is 0.230. The summed E-state index contributed by atoms with van der Waals surface area (Å²) in [7, 11) is 0. The molecule has 1 heterocycles. The molecule has 1 atom stereocenters. The van der Waals surface area contributed by atoms with Crippen LogP contribution in [0.5, 0.6) is 0 Å². The lowest BCUT2D eigenvalue weighted by Crippen LogP contribution is -2.52. The largest absolute Gasteiger partial charge is 0.329 e. The number of likely N-dealkylation sites (N-methyl/N-ethyl adjacent to an activating group) is 1. The maximum absolute atomic E-state index is 5.85. The topological polar surface area (TPSA) is 32.5 Å². The molecule has 15 heavy (non-hydrogen) atoms. The van der Waals surface area contributed by atoms with Crippen molar-refractivity contribution < 1.29 is 0 Å². The van der Waals surface area contributed by atoms with Crippen molar-refractivity contribution in [1.29, 1.82) is 0 Å². The van der Waals surface area contributed by atoms with E-state index < -0.39 is 0 Å². The molecule has 0 aromatic carbocycles. The third-order valence-electron chi connectivity index (χ3n) is 3.30. The summed E-state index contributed by atoms with van der Waals surface area (Å²) in [4.78, 5) is 5.08. The SMILES string of the molecule is CCN1CCN(C(CN)CCSC)CC1. The first-order chi connectivity index (χ1) is 7.31. The molecule has 1 unspecified atom stereocenters. The van der Waals surface area contributed by atoms with Crippen molar-refractivity contribution in [3.05, 3.63) is 0 Å². The van der Waals surface area contributed by atoms with E-state index in [0.29, 0.717) is 6.04 Å². The molecule has 0 amide bonds. The van der Waals surface area contributed by atoms with Gasteiger partial charge in [0.2, 0.25) is 0 Å². The lowest BCUT2D eigenvalue weighted by molar-refractivity contribution is 0.101. The first-order valence-electron chi connectivity index (χ1n) is 5.97. The molecule has 0 aliphatic carbocycles. The highest BCUT2D eigenvalue weighted by Crippen LogP contribution is 2.10. The summed E-state index contributed by atoms with van der Waals surface area (Å²) >= 11 is 1.92. The third kappa shape index (κ3) is 4.31. The van der Waals surface area contributed by atoms with Gasteiger partial charge >= 0.3 is 0 Å². The second-order valence-electron chi connectivity index (χ2n) is 4.14. The van der Waals surface area contributed by atoms with E-state index in [1.807, 2.05) is 11.8 Å². The molecule has 1 aliphatic rings. The Balaban J connectivity index is 2.29. The molecule has 1 saturated heterocycles. The zero-order valence-electron chi connectivity index (χ0n) is 10.1. The first-order valence-corrected chi connectivity index (χ1v) is 7.36. The molecular formula is C11H25N3S. The second-order valence-corrected chi connectivity index (χ2v) is 5.13. The van der Waals surface area contributed by atoms with Crippen LogP contribution in [0.1, 0.15) is 13.3 Å². The highest BCUT2D eigenvalue weighted by molar-refractivity contribution is 7.98. The van der Waals surface area contributed by atoms with Gasteiger partial charge in [-0.25, -0.2) is 0 Å². The molecule has 90 valence electrons. The van der Waals surface area contributed by atoms with Crippen molar-refractivity contribution in [2.75, 3.05) is 51.3 Å². The van der Waals surface area contributed by atoms with Gasteiger partial charge < -0.3 is 10.6 Å². The van der Waals surface area contributed by atoms with Crippen LogP contribution in [0.3, 0.4) is 0 Å². The minimum atomic E-state index is 0.608. The summed E-state index contributed by atoms with van der Waals surface area (Å²) in [5.74, 6) is 1.23. The lowest BCUT2D eigenvalue weighted by atomic mass is 10.1. The van der Waals surface area contributed by atoms with Gasteiger partial charge in [0.1, 0.15) is 0 Å². The van der Waals surface area contributed by atoms with Crippen LogP contribution in [0.15, 0.2) is 0 Å². The quantitative estimate of drug-likeness (QED) is 0.729. The van der Waals surface area contributed by atoms with Gasteiger partial charge in [0.05, 0.1) is 0 Å². The molecule has 3 nitrogen and oxygen atoms in total. The Morgan fingerprint density at radius 2 is 1.93 bits per heavy atom. The molecule has 0 saturated carbocycles. The number of nitrogens with two attached hydrogens (primary N) is 1. The summed E-state index contributed by atoms with van der Waals surface area (Å²) < 4.78 is 0. The lowest BCUT2D eigenvalue weighted by Gasteiger charge is -2.38. The summed E-state index contributed by atoms with van der Waals surface area (Å²) in [5, 5.41) is 0. The maximum atomic E-state index is 5.85. The van der Waals surface area contributed by atoms with E-state index in [1.54, 1.807) is 0 Å². The molecule has 4 heteroatoms. The van der Waals surface area contributed by atoms with Gasteiger partial charge in [-0.1, -0.05) is 6.92 Å². The molecule has 0 radical (unpaired) electrons. The molecule has 0 aromatic heterocycles. The normalized spacial score (nSPS) is 21.8. The average Bonchev–Trinajstić information content (AvgIpc) is 2.31. The van der Waals surface area contributed by atoms with E-state index in [9.17, 15) is 0 Å². The fraction of sp³-hybridized carbons (Fsp3) is 1.00. The number of thioether (sulfide) groups is 1. The summed E-state index contributed by atoms with van der Waals surface area (Å²) in [6, 6.07) is 0.608. The Morgan fingerprint density at radius 3 is 2.40 bits per heavy atom. The van der Waals surface area contributed by atoms with Crippen LogP contribution in [0.25, 0.3) is 0 Å². The molecule has 2 N–H and O–H groups in total. The third-order valence-corrected chi connectivity index (χ3v) is 3.94. The summed E-state index contributed by atoms with van der Waals surface area (Å²) in [5.41, 5.74) is 5.85. The fourth-order valence-corrected chi connectivity index (χ4v) is 2.66. The highest BCUT2D eigenvalue weighted by atomic mass is 32.2. The van der Waals surface area contributed by atoms with Crippen LogP contribution in [0.2, 0.25) is 0 Å². The highest BCUT2D eigenvalue weighted by Gasteiger charge is 2.21. The van der Waals surface area contributed by atoms with Crippen LogP contribution >= 0.6 is 11.8 Å². The summed E-state index contributed by atoms with van der Waals surface area (Å²) in [6.45, 7) is 9.06. The van der Waals surface area contributed by atoms with Gasteiger partial charge in [0, 0.05) is 38.8 Å². The number of nitrogens with zero attached hydrogens (tertiary/aromatic N) is 2. The smallest absolute Gasteiger partial charge is 0.0227 e. The average molecular weight is 231 g/mol. The Kier molecular flexibility index (Phi) is 6.64. The van der Waals surface area contributed by atoms with E-state index >= 15 is 0 Å². The zero-order chi connectivity index (χ0) is 11.1. The number of hydrogen-bond acceptors (Lipinski definition) is 4. The van der Waals surface area contributed by atoms with Crippen molar-refractivity contribution in [3.63, 3.8) is 0 Å². The Labute approximate surface area is 98.4 Å². The predicted molar refractivity (Wildman–Crippen MR) is 69.5 cm³/mol. The first kappa shape index (κ1) is 13.3. The van der Waals surface area contributed by atoms with Crippen LogP contribution in [0, 0.1) is 0 Å². The van der Waals surface area contributed by atoms with Crippen molar-refractivity contribution in [3.8, 4) is 0 Å². The van der Waals surface area contributed by atoms with Crippen LogP contribution in [0.4, 0.5) is 0 Å². The van der Waals surface area contributed by atoms with Gasteiger partial charge in [-0.05, 0) is 25.0 Å². The molecule has 0 spiro atoms. The van der Waals surface area contributed by atoms with Crippen molar-refractivity contribution in [2.24, 2.45) is 5.73 Å². The Morgan fingerprint density at radius 1 is 1.27 bits per heavy atom. The van der Waals surface area contributed by atoms with Crippen LogP contribution in [-0.4, -0.2) is 67.1 Å². The Bertz CT molecular complexity index is 158. The number of rotatable bonds is 6.